The zero-order valence-electron chi connectivity index (χ0n) is 5.98. The van der Waals surface area contributed by atoms with E-state index >= 15 is 0 Å². The molecule has 1 aliphatic heterocycles. The highest BCUT2D eigenvalue weighted by atomic mass is 32.2. The van der Waals surface area contributed by atoms with Crippen LogP contribution in [0.25, 0.3) is 0 Å². The highest BCUT2D eigenvalue weighted by Gasteiger charge is 2.34. The maximum Gasteiger partial charge on any atom is 0.117 e. The van der Waals surface area contributed by atoms with E-state index in [-0.39, 0.29) is 0 Å². The first-order valence-electron chi connectivity index (χ1n) is 3.33. The predicted molar refractivity (Wildman–Crippen MR) is 41.4 cm³/mol. The summed E-state index contributed by atoms with van der Waals surface area (Å²) in [6.07, 6.45) is 3.87. The lowest BCUT2D eigenvalue weighted by Crippen LogP contribution is -2.14. The van der Waals surface area contributed by atoms with Crippen LogP contribution in [0.5, 0.6) is 0 Å². The van der Waals surface area contributed by atoms with Crippen LogP contribution in [-0.2, 0) is 10.9 Å². The van der Waals surface area contributed by atoms with Gasteiger partial charge in [-0.2, -0.15) is 0 Å². The Morgan fingerprint density at radius 1 is 1.38 bits per heavy atom. The third-order valence-electron chi connectivity index (χ3n) is 2.33. The summed E-state index contributed by atoms with van der Waals surface area (Å²) >= 11 is 0. The topological polar surface area (TPSA) is 0 Å². The van der Waals surface area contributed by atoms with E-state index in [2.05, 4.69) is 20.1 Å². The molecule has 1 fully saturated rings. The molecule has 0 aliphatic carbocycles. The molecule has 0 amide bonds. The maximum atomic E-state index is 2.40. The van der Waals surface area contributed by atoms with Crippen LogP contribution in [0.15, 0.2) is 0 Å². The van der Waals surface area contributed by atoms with Crippen LogP contribution >= 0.6 is 0 Å². The number of rotatable bonds is 0. The molecule has 1 heterocycles. The molecule has 1 saturated heterocycles. The molecule has 1 heteroatoms. The van der Waals surface area contributed by atoms with Gasteiger partial charge in [0.1, 0.15) is 11.0 Å². The molecule has 3 atom stereocenters. The monoisotopic (exact) mass is 131 g/mol. The second-order valence-electron chi connectivity index (χ2n) is 2.87. The Labute approximate surface area is 55.0 Å². The van der Waals surface area contributed by atoms with Gasteiger partial charge in [-0.3, -0.25) is 0 Å². The normalized spacial score (nSPS) is 47.6. The van der Waals surface area contributed by atoms with Crippen molar-refractivity contribution >= 4 is 10.9 Å². The summed E-state index contributed by atoms with van der Waals surface area (Å²) in [6, 6.07) is 0. The lowest BCUT2D eigenvalue weighted by Gasteiger charge is -2.03. The average Bonchev–Trinajstić information content (AvgIpc) is 1.98. The van der Waals surface area contributed by atoms with Crippen LogP contribution in [0.2, 0.25) is 0 Å². The number of hydrogen-bond acceptors (Lipinski definition) is 0. The third kappa shape index (κ3) is 1.02. The van der Waals surface area contributed by atoms with E-state index in [1.165, 1.54) is 12.2 Å². The van der Waals surface area contributed by atoms with Crippen LogP contribution in [0.4, 0.5) is 0 Å². The highest BCUT2D eigenvalue weighted by molar-refractivity contribution is 7.97. The lowest BCUT2D eigenvalue weighted by molar-refractivity contribution is 0.589. The van der Waals surface area contributed by atoms with Crippen LogP contribution < -0.4 is 0 Å². The Morgan fingerprint density at radius 2 is 2.00 bits per heavy atom. The fraction of sp³-hybridized carbons (Fsp3) is 1.00. The smallest absolute Gasteiger partial charge is 0.0576 e. The molecule has 48 valence electrons. The Hall–Kier alpha value is 0.350. The second kappa shape index (κ2) is 2.30. The van der Waals surface area contributed by atoms with E-state index in [9.17, 15) is 0 Å². The fourth-order valence-corrected chi connectivity index (χ4v) is 3.23. The first kappa shape index (κ1) is 6.47. The molecule has 8 heavy (non-hydrogen) atoms. The van der Waals surface area contributed by atoms with Crippen molar-refractivity contribution in [2.45, 2.75) is 25.5 Å². The fourth-order valence-electron chi connectivity index (χ4n) is 1.19. The first-order chi connectivity index (χ1) is 3.72. The van der Waals surface area contributed by atoms with Gasteiger partial charge in [0.15, 0.2) is 0 Å². The summed E-state index contributed by atoms with van der Waals surface area (Å²) in [5, 5.41) is 1.01. The Morgan fingerprint density at radius 3 is 2.12 bits per heavy atom. The van der Waals surface area contributed by atoms with Gasteiger partial charge in [0.25, 0.3) is 0 Å². The van der Waals surface area contributed by atoms with E-state index < -0.39 is 0 Å². The SMILES string of the molecule is C[C@@H]1CC[S+](C)[C@H]1C. The van der Waals surface area contributed by atoms with E-state index in [4.69, 9.17) is 0 Å². The second-order valence-corrected chi connectivity index (χ2v) is 5.40. The van der Waals surface area contributed by atoms with Gasteiger partial charge < -0.3 is 0 Å². The van der Waals surface area contributed by atoms with Gasteiger partial charge in [0.2, 0.25) is 0 Å². The Balaban J connectivity index is 2.44. The van der Waals surface area contributed by atoms with Crippen LogP contribution in [-0.4, -0.2) is 17.3 Å². The van der Waals surface area contributed by atoms with E-state index in [1.54, 1.807) is 0 Å². The summed E-state index contributed by atoms with van der Waals surface area (Å²) in [7, 11) is 0.752. The highest BCUT2D eigenvalue weighted by Crippen LogP contribution is 2.25. The Kier molecular flexibility index (Phi) is 1.86. The summed E-state index contributed by atoms with van der Waals surface area (Å²) in [5.74, 6) is 2.49. The zero-order valence-corrected chi connectivity index (χ0v) is 6.79. The molecular weight excluding hydrogens is 116 g/mol. The molecule has 0 aromatic rings. The molecule has 0 aromatic carbocycles. The first-order valence-corrected chi connectivity index (χ1v) is 5.19. The van der Waals surface area contributed by atoms with E-state index in [0.717, 1.165) is 22.1 Å². The molecule has 0 N–H and O–H groups in total. The molecule has 0 bridgehead atoms. The van der Waals surface area contributed by atoms with Crippen LogP contribution in [0.3, 0.4) is 0 Å². The molecule has 0 radical (unpaired) electrons. The Bertz CT molecular complexity index is 70.5. The van der Waals surface area contributed by atoms with Gasteiger partial charge in [0, 0.05) is 5.92 Å². The van der Waals surface area contributed by atoms with Gasteiger partial charge in [-0.15, -0.1) is 0 Å². The quantitative estimate of drug-likeness (QED) is 0.439. The molecular formula is C7H15S+. The third-order valence-corrected chi connectivity index (χ3v) is 4.94. The molecule has 1 aliphatic rings. The molecule has 1 unspecified atom stereocenters. The van der Waals surface area contributed by atoms with Crippen molar-refractivity contribution in [3.8, 4) is 0 Å². The van der Waals surface area contributed by atoms with Crippen molar-refractivity contribution in [3.05, 3.63) is 0 Å². The van der Waals surface area contributed by atoms with Crippen molar-refractivity contribution in [1.29, 1.82) is 0 Å². The van der Waals surface area contributed by atoms with Crippen molar-refractivity contribution in [1.82, 2.24) is 0 Å². The zero-order chi connectivity index (χ0) is 6.15. The van der Waals surface area contributed by atoms with Gasteiger partial charge in [-0.25, -0.2) is 0 Å². The van der Waals surface area contributed by atoms with Gasteiger partial charge >= 0.3 is 0 Å². The predicted octanol–water partition coefficient (Wildman–Crippen LogP) is 1.66. The maximum absolute atomic E-state index is 2.40. The summed E-state index contributed by atoms with van der Waals surface area (Å²) in [5.41, 5.74) is 0. The van der Waals surface area contributed by atoms with E-state index in [0.29, 0.717) is 0 Å². The van der Waals surface area contributed by atoms with Crippen molar-refractivity contribution in [2.24, 2.45) is 5.92 Å². The minimum atomic E-state index is 0.752. The van der Waals surface area contributed by atoms with Crippen LogP contribution in [0, 0.1) is 5.92 Å². The minimum Gasteiger partial charge on any atom is -0.0576 e. The number of hydrogen-bond donors (Lipinski definition) is 0. The van der Waals surface area contributed by atoms with Crippen molar-refractivity contribution < 1.29 is 0 Å². The standard InChI is InChI=1S/C7H15S/c1-6-4-5-8(3)7(6)2/h6-7H,4-5H2,1-3H3/q+1/t6-,7+,8?/m1/s1. The van der Waals surface area contributed by atoms with E-state index in [1.807, 2.05) is 0 Å². The van der Waals surface area contributed by atoms with Gasteiger partial charge in [0.05, 0.1) is 6.26 Å². The largest absolute Gasteiger partial charge is 0.117 e. The minimum absolute atomic E-state index is 0.752. The average molecular weight is 131 g/mol. The van der Waals surface area contributed by atoms with Gasteiger partial charge in [-0.05, 0) is 24.2 Å². The molecule has 0 saturated carbocycles. The van der Waals surface area contributed by atoms with Crippen LogP contribution in [0.1, 0.15) is 20.3 Å². The molecule has 0 spiro atoms. The summed E-state index contributed by atoms with van der Waals surface area (Å²) in [4.78, 5) is 0. The molecule has 0 nitrogen and oxygen atoms in total. The molecule has 0 aromatic heterocycles. The summed E-state index contributed by atoms with van der Waals surface area (Å²) < 4.78 is 0. The van der Waals surface area contributed by atoms with Crippen molar-refractivity contribution in [3.63, 3.8) is 0 Å². The lowest BCUT2D eigenvalue weighted by atomic mass is 10.1. The molecule has 1 rings (SSSR count). The summed E-state index contributed by atoms with van der Waals surface area (Å²) in [6.45, 7) is 4.77. The van der Waals surface area contributed by atoms with Crippen molar-refractivity contribution in [2.75, 3.05) is 12.0 Å². The van der Waals surface area contributed by atoms with Gasteiger partial charge in [-0.1, -0.05) is 6.92 Å².